The topological polar surface area (TPSA) is 83.5 Å². The van der Waals surface area contributed by atoms with Crippen LogP contribution in [0.25, 0.3) is 0 Å². The number of ketones is 1. The zero-order valence-corrected chi connectivity index (χ0v) is 9.01. The van der Waals surface area contributed by atoms with E-state index in [1.807, 2.05) is 0 Å². The van der Waals surface area contributed by atoms with Crippen molar-refractivity contribution in [2.75, 3.05) is 11.5 Å². The maximum atomic E-state index is 11.2. The summed E-state index contributed by atoms with van der Waals surface area (Å²) in [7, 11) is 0. The Bertz CT molecular complexity index is 279. The van der Waals surface area contributed by atoms with Gasteiger partial charge >= 0.3 is 5.97 Å². The van der Waals surface area contributed by atoms with Crippen LogP contribution in [0.4, 0.5) is 0 Å². The van der Waals surface area contributed by atoms with Gasteiger partial charge in [-0.3, -0.25) is 14.4 Å². The quantitative estimate of drug-likeness (QED) is 0.698. The van der Waals surface area contributed by atoms with E-state index in [2.05, 4.69) is 5.32 Å². The summed E-state index contributed by atoms with van der Waals surface area (Å²) in [5.41, 5.74) is 0. The summed E-state index contributed by atoms with van der Waals surface area (Å²) in [5, 5.41) is 10.9. The smallest absolute Gasteiger partial charge is 0.313 e. The fraction of sp³-hybridized carbons (Fsp3) is 0.667. The largest absolute Gasteiger partial charge is 0.481 e. The van der Waals surface area contributed by atoms with Crippen LogP contribution in [0.2, 0.25) is 0 Å². The van der Waals surface area contributed by atoms with E-state index in [4.69, 9.17) is 5.11 Å². The van der Waals surface area contributed by atoms with Gasteiger partial charge in [0.05, 0.1) is 17.5 Å². The van der Waals surface area contributed by atoms with E-state index >= 15 is 0 Å². The maximum absolute atomic E-state index is 11.2. The van der Waals surface area contributed by atoms with Gasteiger partial charge in [-0.05, 0) is 12.8 Å². The van der Waals surface area contributed by atoms with Crippen molar-refractivity contribution < 1.29 is 19.5 Å². The van der Waals surface area contributed by atoms with Gasteiger partial charge in [-0.1, -0.05) is 0 Å². The van der Waals surface area contributed by atoms with Crippen LogP contribution >= 0.6 is 11.8 Å². The van der Waals surface area contributed by atoms with Crippen molar-refractivity contribution in [3.8, 4) is 0 Å². The summed E-state index contributed by atoms with van der Waals surface area (Å²) >= 11 is 1.03. The van der Waals surface area contributed by atoms with Gasteiger partial charge < -0.3 is 10.4 Å². The molecule has 2 N–H and O–H groups in total. The SMILES string of the molecule is O=C(O)CSCC(=O)NC1CCCC1=O. The molecule has 1 rings (SSSR count). The van der Waals surface area contributed by atoms with Crippen molar-refractivity contribution in [3.05, 3.63) is 0 Å². The number of nitrogens with one attached hydrogen (secondary N) is 1. The number of hydrogen-bond acceptors (Lipinski definition) is 4. The molecular formula is C9H13NO4S. The lowest BCUT2D eigenvalue weighted by Crippen LogP contribution is -2.38. The number of carbonyl (C=O) groups is 3. The third kappa shape index (κ3) is 4.33. The minimum absolute atomic E-state index is 0.0755. The molecule has 5 nitrogen and oxygen atoms in total. The molecule has 0 radical (unpaired) electrons. The average Bonchev–Trinajstić information content (AvgIpc) is 2.51. The minimum Gasteiger partial charge on any atom is -0.481 e. The third-order valence-electron chi connectivity index (χ3n) is 2.10. The van der Waals surface area contributed by atoms with Crippen molar-refractivity contribution in [2.24, 2.45) is 0 Å². The van der Waals surface area contributed by atoms with Gasteiger partial charge in [0.15, 0.2) is 5.78 Å². The molecule has 6 heteroatoms. The molecule has 1 unspecified atom stereocenters. The first-order valence-corrected chi connectivity index (χ1v) is 5.86. The monoisotopic (exact) mass is 231 g/mol. The lowest BCUT2D eigenvalue weighted by atomic mass is 10.2. The Morgan fingerprint density at radius 3 is 2.73 bits per heavy atom. The molecule has 0 aliphatic heterocycles. The molecule has 0 aromatic carbocycles. The van der Waals surface area contributed by atoms with Gasteiger partial charge in [0.2, 0.25) is 5.91 Å². The van der Waals surface area contributed by atoms with Gasteiger partial charge in [-0.15, -0.1) is 11.8 Å². The highest BCUT2D eigenvalue weighted by Crippen LogP contribution is 2.14. The van der Waals surface area contributed by atoms with Crippen LogP contribution in [0.5, 0.6) is 0 Å². The van der Waals surface area contributed by atoms with E-state index in [0.29, 0.717) is 12.8 Å². The van der Waals surface area contributed by atoms with Crippen LogP contribution in [0.15, 0.2) is 0 Å². The predicted octanol–water partition coefficient (Wildman–Crippen LogP) is 0.0420. The molecule has 1 aliphatic carbocycles. The van der Waals surface area contributed by atoms with E-state index in [1.165, 1.54) is 0 Å². The number of amides is 1. The van der Waals surface area contributed by atoms with E-state index in [9.17, 15) is 14.4 Å². The van der Waals surface area contributed by atoms with Crippen molar-refractivity contribution in [3.63, 3.8) is 0 Å². The fourth-order valence-electron chi connectivity index (χ4n) is 1.44. The number of carboxylic acids is 1. The van der Waals surface area contributed by atoms with Crippen LogP contribution in [-0.2, 0) is 14.4 Å². The van der Waals surface area contributed by atoms with Gasteiger partial charge in [-0.2, -0.15) is 0 Å². The number of thioether (sulfide) groups is 1. The van der Waals surface area contributed by atoms with Crippen LogP contribution in [-0.4, -0.2) is 40.3 Å². The van der Waals surface area contributed by atoms with E-state index in [0.717, 1.165) is 18.2 Å². The second kappa shape index (κ2) is 5.75. The Balaban J connectivity index is 2.18. The molecule has 1 fully saturated rings. The minimum atomic E-state index is -0.940. The first-order chi connectivity index (χ1) is 7.09. The summed E-state index contributed by atoms with van der Waals surface area (Å²) in [5.74, 6) is -1.12. The first kappa shape index (κ1) is 12.0. The number of rotatable bonds is 5. The summed E-state index contributed by atoms with van der Waals surface area (Å²) in [6.07, 6.45) is 2.06. The van der Waals surface area contributed by atoms with Gasteiger partial charge in [0, 0.05) is 6.42 Å². The number of hydrogen-bond donors (Lipinski definition) is 2. The molecule has 0 heterocycles. The summed E-state index contributed by atoms with van der Waals surface area (Å²) in [6.45, 7) is 0. The summed E-state index contributed by atoms with van der Waals surface area (Å²) in [4.78, 5) is 32.6. The van der Waals surface area contributed by atoms with Crippen molar-refractivity contribution in [1.29, 1.82) is 0 Å². The number of aliphatic carboxylic acids is 1. The predicted molar refractivity (Wildman–Crippen MR) is 55.7 cm³/mol. The third-order valence-corrected chi connectivity index (χ3v) is 3.02. The molecule has 1 amide bonds. The van der Waals surface area contributed by atoms with Crippen molar-refractivity contribution in [1.82, 2.24) is 5.32 Å². The molecule has 0 aromatic rings. The normalized spacial score (nSPS) is 20.3. The lowest BCUT2D eigenvalue weighted by Gasteiger charge is -2.09. The molecule has 0 saturated heterocycles. The standard InChI is InChI=1S/C9H13NO4S/c11-7-3-1-2-6(7)10-8(12)4-15-5-9(13)14/h6H,1-5H2,(H,10,12)(H,13,14). The zero-order valence-electron chi connectivity index (χ0n) is 8.19. The second-order valence-corrected chi connectivity index (χ2v) is 4.35. The van der Waals surface area contributed by atoms with Gasteiger partial charge in [-0.25, -0.2) is 0 Å². The zero-order chi connectivity index (χ0) is 11.3. The van der Waals surface area contributed by atoms with Gasteiger partial charge in [0.1, 0.15) is 0 Å². The average molecular weight is 231 g/mol. The maximum Gasteiger partial charge on any atom is 0.313 e. The highest BCUT2D eigenvalue weighted by Gasteiger charge is 2.25. The van der Waals surface area contributed by atoms with E-state index in [-0.39, 0.29) is 29.2 Å². The van der Waals surface area contributed by atoms with Crippen LogP contribution in [0.3, 0.4) is 0 Å². The lowest BCUT2D eigenvalue weighted by molar-refractivity contribution is -0.133. The summed E-state index contributed by atoms with van der Waals surface area (Å²) in [6, 6.07) is -0.345. The molecule has 1 saturated carbocycles. The molecular weight excluding hydrogens is 218 g/mol. The highest BCUT2D eigenvalue weighted by atomic mass is 32.2. The Labute approximate surface area is 91.6 Å². The van der Waals surface area contributed by atoms with Crippen LogP contribution in [0.1, 0.15) is 19.3 Å². The van der Waals surface area contributed by atoms with Crippen molar-refractivity contribution >= 4 is 29.4 Å². The van der Waals surface area contributed by atoms with E-state index in [1.54, 1.807) is 0 Å². The first-order valence-electron chi connectivity index (χ1n) is 4.71. The van der Waals surface area contributed by atoms with E-state index < -0.39 is 5.97 Å². The Morgan fingerprint density at radius 1 is 1.47 bits per heavy atom. The Kier molecular flexibility index (Phi) is 4.61. The molecule has 84 valence electrons. The van der Waals surface area contributed by atoms with Crippen LogP contribution < -0.4 is 5.32 Å². The summed E-state index contributed by atoms with van der Waals surface area (Å²) < 4.78 is 0. The highest BCUT2D eigenvalue weighted by molar-refractivity contribution is 8.00. The Morgan fingerprint density at radius 2 is 2.20 bits per heavy atom. The number of carbonyl (C=O) groups excluding carboxylic acids is 2. The second-order valence-electron chi connectivity index (χ2n) is 3.37. The fourth-order valence-corrected chi connectivity index (χ4v) is 1.98. The number of carboxylic acid groups (broad SMARTS) is 1. The molecule has 1 aliphatic rings. The Hall–Kier alpha value is -1.04. The van der Waals surface area contributed by atoms with Gasteiger partial charge in [0.25, 0.3) is 0 Å². The number of Topliss-reactive ketones (excluding diaryl/α,β-unsaturated/α-hetero) is 1. The molecule has 15 heavy (non-hydrogen) atoms. The van der Waals surface area contributed by atoms with Crippen LogP contribution in [0, 0.1) is 0 Å². The molecule has 0 aromatic heterocycles. The molecule has 0 bridgehead atoms. The van der Waals surface area contributed by atoms with Crippen molar-refractivity contribution in [2.45, 2.75) is 25.3 Å². The molecule has 0 spiro atoms. The molecule has 1 atom stereocenters.